The van der Waals surface area contributed by atoms with E-state index >= 15 is 0 Å². The number of ether oxygens (including phenoxy) is 2. The van der Waals surface area contributed by atoms with Crippen molar-refractivity contribution in [2.75, 3.05) is 39.9 Å². The van der Waals surface area contributed by atoms with Crippen molar-refractivity contribution in [1.82, 2.24) is 15.1 Å². The van der Waals surface area contributed by atoms with Crippen molar-refractivity contribution < 1.29 is 23.9 Å². The van der Waals surface area contributed by atoms with Gasteiger partial charge < -0.3 is 24.6 Å². The first-order chi connectivity index (χ1) is 28.9. The Morgan fingerprint density at radius 3 is 1.80 bits per heavy atom. The molecule has 0 radical (unpaired) electrons. The van der Waals surface area contributed by atoms with E-state index in [0.717, 1.165) is 75.8 Å². The minimum absolute atomic E-state index is 0.106. The van der Waals surface area contributed by atoms with E-state index in [0.29, 0.717) is 38.4 Å². The number of piperidine rings is 1. The third-order valence-corrected chi connectivity index (χ3v) is 12.6. The zero-order chi connectivity index (χ0) is 42.6. The number of carbonyl (C=O) groups excluding carboxylic acids is 3. The summed E-state index contributed by atoms with van der Waals surface area (Å²) in [6, 6.07) is 7.93. The van der Waals surface area contributed by atoms with E-state index in [1.54, 1.807) is 12.0 Å². The molecule has 0 aliphatic carbocycles. The van der Waals surface area contributed by atoms with Gasteiger partial charge in [0.15, 0.2) is 6.61 Å². The molecule has 59 heavy (non-hydrogen) atoms. The first-order valence-electron chi connectivity index (χ1n) is 25.0. The summed E-state index contributed by atoms with van der Waals surface area (Å²) >= 11 is 0. The number of esters is 1. The van der Waals surface area contributed by atoms with Crippen molar-refractivity contribution in [2.24, 2.45) is 0 Å². The summed E-state index contributed by atoms with van der Waals surface area (Å²) in [4.78, 5) is 45.4. The molecule has 2 unspecified atom stereocenters. The largest absolute Gasteiger partial charge is 0.497 e. The van der Waals surface area contributed by atoms with Crippen LogP contribution in [0.25, 0.3) is 0 Å². The van der Waals surface area contributed by atoms with Crippen molar-refractivity contribution in [2.45, 2.75) is 232 Å². The van der Waals surface area contributed by atoms with E-state index in [1.807, 2.05) is 24.3 Å². The fraction of sp³-hybridized carbons (Fsp3) is 0.824. The monoisotopic (exact) mass is 826 g/mol. The maximum Gasteiger partial charge on any atom is 0.306 e. The van der Waals surface area contributed by atoms with Crippen LogP contribution in [-0.2, 0) is 25.5 Å². The number of nitrogens with one attached hydrogen (secondary N) is 1. The van der Waals surface area contributed by atoms with Crippen LogP contribution in [0.5, 0.6) is 5.75 Å². The predicted molar refractivity (Wildman–Crippen MR) is 247 cm³/mol. The van der Waals surface area contributed by atoms with Crippen molar-refractivity contribution >= 4 is 17.8 Å². The molecule has 2 rings (SSSR count). The lowest BCUT2D eigenvalue weighted by atomic mass is 9.99. The van der Waals surface area contributed by atoms with Crippen LogP contribution in [0.4, 0.5) is 0 Å². The Kier molecular flexibility index (Phi) is 32.1. The van der Waals surface area contributed by atoms with Gasteiger partial charge in [0.05, 0.1) is 7.11 Å². The normalized spacial score (nSPS) is 14.9. The summed E-state index contributed by atoms with van der Waals surface area (Å²) in [5.41, 5.74) is 1.12. The number of hydrogen-bond donors (Lipinski definition) is 1. The molecule has 1 aromatic carbocycles. The summed E-state index contributed by atoms with van der Waals surface area (Å²) in [6.45, 7) is 9.47. The highest BCUT2D eigenvalue weighted by Crippen LogP contribution is 2.21. The van der Waals surface area contributed by atoms with E-state index < -0.39 is 6.04 Å². The second-order valence-corrected chi connectivity index (χ2v) is 17.6. The number of likely N-dealkylation sites (tertiary alicyclic amines) is 1. The van der Waals surface area contributed by atoms with Gasteiger partial charge in [-0.05, 0) is 69.2 Å². The van der Waals surface area contributed by atoms with Gasteiger partial charge in [0, 0.05) is 32.1 Å². The van der Waals surface area contributed by atoms with Gasteiger partial charge in [0.1, 0.15) is 11.8 Å². The van der Waals surface area contributed by atoms with Crippen molar-refractivity contribution in [3.05, 3.63) is 29.8 Å². The Morgan fingerprint density at radius 2 is 1.25 bits per heavy atom. The molecule has 1 saturated heterocycles. The fourth-order valence-electron chi connectivity index (χ4n) is 8.79. The summed E-state index contributed by atoms with van der Waals surface area (Å²) in [5.74, 6) is 0.140. The van der Waals surface area contributed by atoms with E-state index in [4.69, 9.17) is 9.47 Å². The predicted octanol–water partition coefficient (Wildman–Crippen LogP) is 12.5. The number of unbranched alkanes of at least 4 members (excludes halogenated alkanes) is 21. The highest BCUT2D eigenvalue weighted by Gasteiger charge is 2.30. The molecule has 8 nitrogen and oxygen atoms in total. The minimum atomic E-state index is -0.588. The van der Waals surface area contributed by atoms with Gasteiger partial charge in [-0.2, -0.15) is 0 Å². The number of rotatable bonds is 38. The zero-order valence-electron chi connectivity index (χ0n) is 38.9. The third kappa shape index (κ3) is 25.7. The Labute approximate surface area is 363 Å². The number of methoxy groups -OCH3 is 1. The molecule has 340 valence electrons. The average Bonchev–Trinajstić information content (AvgIpc) is 3.25. The lowest BCUT2D eigenvalue weighted by molar-refractivity contribution is -0.154. The average molecular weight is 826 g/mol. The summed E-state index contributed by atoms with van der Waals surface area (Å²) in [7, 11) is 1.66. The number of benzene rings is 1. The molecule has 0 bridgehead atoms. The van der Waals surface area contributed by atoms with E-state index in [9.17, 15) is 14.4 Å². The molecule has 2 atom stereocenters. The maximum absolute atomic E-state index is 14.1. The van der Waals surface area contributed by atoms with Crippen LogP contribution in [0.1, 0.15) is 219 Å². The van der Waals surface area contributed by atoms with Gasteiger partial charge in [0.2, 0.25) is 5.91 Å². The highest BCUT2D eigenvalue weighted by atomic mass is 16.5. The maximum atomic E-state index is 14.1. The lowest BCUT2D eigenvalue weighted by Crippen LogP contribution is -2.52. The van der Waals surface area contributed by atoms with Crippen LogP contribution < -0.4 is 10.1 Å². The Bertz CT molecular complexity index is 1180. The molecule has 0 spiro atoms. The standard InChI is InChI=1S/C51H91N3O5/c1-5-8-10-12-14-16-18-19-20-22-24-26-28-34-50(56)59-44-49(55)54(43-31-42-53-41-30-29-32-46(53)7-3)48(33-27-25-23-21-17-15-13-11-9-6-2)51(57)52-40-39-45-35-37-47(58-4)38-36-45/h35-38,46,48H,5-34,39-44H2,1-4H3,(H,52,57). The highest BCUT2D eigenvalue weighted by molar-refractivity contribution is 5.88. The third-order valence-electron chi connectivity index (χ3n) is 12.6. The minimum Gasteiger partial charge on any atom is -0.497 e. The van der Waals surface area contributed by atoms with E-state index in [1.165, 1.54) is 128 Å². The molecule has 0 aromatic heterocycles. The molecule has 1 N–H and O–H groups in total. The SMILES string of the molecule is CCCCCCCCCCCCCCCC(=O)OCC(=O)N(CCCN1CCCCC1CC)C(CCCCCCCCCCCC)C(=O)NCCc1ccc(OC)cc1. The number of hydrogen-bond acceptors (Lipinski definition) is 6. The van der Waals surface area contributed by atoms with Crippen molar-refractivity contribution in [3.8, 4) is 5.75 Å². The topological polar surface area (TPSA) is 88.2 Å². The number of nitrogens with zero attached hydrogens (tertiary/aromatic N) is 2. The lowest BCUT2D eigenvalue weighted by Gasteiger charge is -2.36. The van der Waals surface area contributed by atoms with Gasteiger partial charge in [0.25, 0.3) is 5.91 Å². The first kappa shape index (κ1) is 52.5. The quantitative estimate of drug-likeness (QED) is 0.0528. The van der Waals surface area contributed by atoms with E-state index in [-0.39, 0.29) is 24.4 Å². The molecule has 1 aromatic rings. The van der Waals surface area contributed by atoms with Gasteiger partial charge in [-0.25, -0.2) is 0 Å². The van der Waals surface area contributed by atoms with Crippen molar-refractivity contribution in [1.29, 1.82) is 0 Å². The van der Waals surface area contributed by atoms with Crippen LogP contribution in [-0.4, -0.2) is 79.6 Å². The number of amides is 2. The van der Waals surface area contributed by atoms with Crippen LogP contribution in [0.2, 0.25) is 0 Å². The van der Waals surface area contributed by atoms with Crippen LogP contribution in [0.15, 0.2) is 24.3 Å². The Morgan fingerprint density at radius 1 is 0.712 bits per heavy atom. The van der Waals surface area contributed by atoms with Crippen LogP contribution in [0, 0.1) is 0 Å². The summed E-state index contributed by atoms with van der Waals surface area (Å²) in [5, 5.41) is 3.19. The van der Waals surface area contributed by atoms with Gasteiger partial charge >= 0.3 is 5.97 Å². The fourth-order valence-corrected chi connectivity index (χ4v) is 8.79. The summed E-state index contributed by atoms with van der Waals surface area (Å²) < 4.78 is 10.9. The van der Waals surface area contributed by atoms with Crippen LogP contribution >= 0.6 is 0 Å². The second-order valence-electron chi connectivity index (χ2n) is 17.6. The van der Waals surface area contributed by atoms with Crippen molar-refractivity contribution in [3.63, 3.8) is 0 Å². The molecule has 2 amide bonds. The van der Waals surface area contributed by atoms with E-state index in [2.05, 4.69) is 31.0 Å². The molecule has 8 heteroatoms. The zero-order valence-corrected chi connectivity index (χ0v) is 38.9. The van der Waals surface area contributed by atoms with Gasteiger partial charge in [-0.3, -0.25) is 14.4 Å². The summed E-state index contributed by atoms with van der Waals surface area (Å²) in [6.07, 6.45) is 35.7. The molecular weight excluding hydrogens is 735 g/mol. The second kappa shape index (κ2) is 36.1. The smallest absolute Gasteiger partial charge is 0.306 e. The number of carbonyl (C=O) groups is 3. The molecule has 1 aliphatic rings. The molecule has 0 saturated carbocycles. The molecular formula is C51H91N3O5. The van der Waals surface area contributed by atoms with Gasteiger partial charge in [-0.15, -0.1) is 0 Å². The van der Waals surface area contributed by atoms with Gasteiger partial charge in [-0.1, -0.05) is 181 Å². The Balaban J connectivity index is 1.97. The molecule has 1 fully saturated rings. The molecule has 1 heterocycles. The van der Waals surface area contributed by atoms with Crippen LogP contribution in [0.3, 0.4) is 0 Å². The first-order valence-corrected chi connectivity index (χ1v) is 25.0. The Hall–Kier alpha value is -2.61. The molecule has 1 aliphatic heterocycles.